The van der Waals surface area contributed by atoms with E-state index in [4.69, 9.17) is 15.2 Å². The Bertz CT molecular complexity index is 563. The maximum absolute atomic E-state index is 5.69. The highest BCUT2D eigenvalue weighted by molar-refractivity contribution is 5.39. The Kier molecular flexibility index (Phi) is 3.97. The van der Waals surface area contributed by atoms with Crippen molar-refractivity contribution in [2.45, 2.75) is 20.4 Å². The first-order valence-electron chi connectivity index (χ1n) is 5.98. The Morgan fingerprint density at radius 3 is 2.47 bits per heavy atom. The predicted molar refractivity (Wildman–Crippen MR) is 72.5 cm³/mol. The van der Waals surface area contributed by atoms with Crippen molar-refractivity contribution >= 4 is 0 Å². The maximum Gasteiger partial charge on any atom is 0.238 e. The van der Waals surface area contributed by atoms with Crippen LogP contribution in [0.3, 0.4) is 0 Å². The third-order valence-corrected chi connectivity index (χ3v) is 2.80. The number of nitrogens with two attached hydrogens (primary N) is 1. The number of ether oxygens (including phenoxy) is 2. The topological polar surface area (TPSA) is 70.3 Å². The van der Waals surface area contributed by atoms with Crippen LogP contribution in [0.2, 0.25) is 0 Å². The van der Waals surface area contributed by atoms with Crippen molar-refractivity contribution < 1.29 is 9.47 Å². The Morgan fingerprint density at radius 2 is 1.84 bits per heavy atom. The standard InChI is InChI=1S/C14H17N3O2/c1-9-10(2)17-14(8-16-9)19-13-5-11(7-15)4-12(6-13)18-3/h4-6,8H,7,15H2,1-3H3. The second kappa shape index (κ2) is 5.67. The number of hydrogen-bond donors (Lipinski definition) is 1. The summed E-state index contributed by atoms with van der Waals surface area (Å²) < 4.78 is 10.9. The van der Waals surface area contributed by atoms with Crippen LogP contribution in [0.4, 0.5) is 0 Å². The molecule has 1 aromatic heterocycles. The summed E-state index contributed by atoms with van der Waals surface area (Å²) in [5.41, 5.74) is 8.31. The van der Waals surface area contributed by atoms with E-state index < -0.39 is 0 Å². The number of aromatic nitrogens is 2. The molecule has 0 unspecified atom stereocenters. The van der Waals surface area contributed by atoms with Gasteiger partial charge < -0.3 is 15.2 Å². The highest BCUT2D eigenvalue weighted by atomic mass is 16.5. The van der Waals surface area contributed by atoms with E-state index in [-0.39, 0.29) is 0 Å². The Hall–Kier alpha value is -2.14. The van der Waals surface area contributed by atoms with Crippen molar-refractivity contribution in [2.24, 2.45) is 5.73 Å². The normalized spacial score (nSPS) is 10.3. The molecular formula is C14H17N3O2. The molecule has 1 aromatic carbocycles. The lowest BCUT2D eigenvalue weighted by molar-refractivity contribution is 0.406. The van der Waals surface area contributed by atoms with E-state index in [9.17, 15) is 0 Å². The molecule has 0 saturated heterocycles. The van der Waals surface area contributed by atoms with Gasteiger partial charge in [0.2, 0.25) is 5.88 Å². The van der Waals surface area contributed by atoms with E-state index in [1.807, 2.05) is 26.0 Å². The molecular weight excluding hydrogens is 242 g/mol. The van der Waals surface area contributed by atoms with E-state index in [1.165, 1.54) is 0 Å². The molecule has 0 atom stereocenters. The number of hydrogen-bond acceptors (Lipinski definition) is 5. The third kappa shape index (κ3) is 3.20. The molecule has 0 bridgehead atoms. The van der Waals surface area contributed by atoms with Gasteiger partial charge in [-0.15, -0.1) is 0 Å². The first-order chi connectivity index (χ1) is 9.12. The summed E-state index contributed by atoms with van der Waals surface area (Å²) in [6.45, 7) is 4.22. The van der Waals surface area contributed by atoms with E-state index in [2.05, 4.69) is 9.97 Å². The lowest BCUT2D eigenvalue weighted by Gasteiger charge is -2.09. The molecule has 100 valence electrons. The molecule has 5 heteroatoms. The summed E-state index contributed by atoms with van der Waals surface area (Å²) in [5.74, 6) is 1.80. The van der Waals surface area contributed by atoms with E-state index >= 15 is 0 Å². The van der Waals surface area contributed by atoms with Crippen LogP contribution < -0.4 is 15.2 Å². The van der Waals surface area contributed by atoms with Gasteiger partial charge in [-0.25, -0.2) is 4.98 Å². The molecule has 2 aromatic rings. The lowest BCUT2D eigenvalue weighted by atomic mass is 10.2. The minimum Gasteiger partial charge on any atom is -0.497 e. The molecule has 2 rings (SSSR count). The second-order valence-electron chi connectivity index (χ2n) is 4.20. The van der Waals surface area contributed by atoms with Crippen molar-refractivity contribution in [3.05, 3.63) is 41.3 Å². The van der Waals surface area contributed by atoms with E-state index in [0.717, 1.165) is 17.0 Å². The third-order valence-electron chi connectivity index (χ3n) is 2.80. The molecule has 2 N–H and O–H groups in total. The molecule has 0 amide bonds. The largest absolute Gasteiger partial charge is 0.497 e. The monoisotopic (exact) mass is 259 g/mol. The van der Waals surface area contributed by atoms with Gasteiger partial charge in [-0.2, -0.15) is 0 Å². The summed E-state index contributed by atoms with van der Waals surface area (Å²) in [7, 11) is 1.61. The summed E-state index contributed by atoms with van der Waals surface area (Å²) in [5, 5.41) is 0. The Balaban J connectivity index is 2.29. The van der Waals surface area contributed by atoms with Crippen molar-refractivity contribution in [2.75, 3.05) is 7.11 Å². The average molecular weight is 259 g/mol. The van der Waals surface area contributed by atoms with Gasteiger partial charge in [-0.3, -0.25) is 4.98 Å². The fourth-order valence-electron chi connectivity index (χ4n) is 1.62. The highest BCUT2D eigenvalue weighted by Gasteiger charge is 2.05. The molecule has 0 spiro atoms. The zero-order chi connectivity index (χ0) is 13.8. The highest BCUT2D eigenvalue weighted by Crippen LogP contribution is 2.26. The fourth-order valence-corrected chi connectivity index (χ4v) is 1.62. The van der Waals surface area contributed by atoms with Crippen LogP contribution in [0, 0.1) is 13.8 Å². The molecule has 0 saturated carbocycles. The SMILES string of the molecule is COc1cc(CN)cc(Oc2cnc(C)c(C)n2)c1. The van der Waals surface area contributed by atoms with Gasteiger partial charge in [-0.05, 0) is 31.5 Å². The van der Waals surface area contributed by atoms with E-state index in [1.54, 1.807) is 19.4 Å². The molecule has 0 radical (unpaired) electrons. The molecule has 0 aliphatic rings. The average Bonchev–Trinajstić information content (AvgIpc) is 2.42. The van der Waals surface area contributed by atoms with Crippen LogP contribution in [0.1, 0.15) is 17.0 Å². The number of aryl methyl sites for hydroxylation is 2. The minimum atomic E-state index is 0.423. The van der Waals surface area contributed by atoms with Gasteiger partial charge >= 0.3 is 0 Å². The van der Waals surface area contributed by atoms with Crippen LogP contribution in [0.15, 0.2) is 24.4 Å². The molecule has 1 heterocycles. The maximum atomic E-state index is 5.69. The Morgan fingerprint density at radius 1 is 1.11 bits per heavy atom. The fraction of sp³-hybridized carbons (Fsp3) is 0.286. The van der Waals surface area contributed by atoms with Crippen LogP contribution in [-0.2, 0) is 6.54 Å². The molecule has 5 nitrogen and oxygen atoms in total. The van der Waals surface area contributed by atoms with Crippen molar-refractivity contribution in [3.63, 3.8) is 0 Å². The van der Waals surface area contributed by atoms with Gasteiger partial charge in [0.1, 0.15) is 11.5 Å². The van der Waals surface area contributed by atoms with Gasteiger partial charge in [0.25, 0.3) is 0 Å². The number of rotatable bonds is 4. The summed E-state index contributed by atoms with van der Waals surface area (Å²) in [4.78, 5) is 8.54. The first kappa shape index (κ1) is 13.3. The second-order valence-corrected chi connectivity index (χ2v) is 4.20. The van der Waals surface area contributed by atoms with Crippen molar-refractivity contribution in [3.8, 4) is 17.4 Å². The van der Waals surface area contributed by atoms with Crippen LogP contribution in [0.25, 0.3) is 0 Å². The molecule has 19 heavy (non-hydrogen) atoms. The number of nitrogens with zero attached hydrogens (tertiary/aromatic N) is 2. The minimum absolute atomic E-state index is 0.423. The zero-order valence-corrected chi connectivity index (χ0v) is 11.3. The summed E-state index contributed by atoms with van der Waals surface area (Å²) in [6.07, 6.45) is 1.60. The molecule has 0 fully saturated rings. The molecule has 0 aliphatic heterocycles. The van der Waals surface area contributed by atoms with Gasteiger partial charge in [0.05, 0.1) is 24.7 Å². The smallest absolute Gasteiger partial charge is 0.238 e. The van der Waals surface area contributed by atoms with E-state index in [0.29, 0.717) is 23.9 Å². The van der Waals surface area contributed by atoms with Crippen LogP contribution in [-0.4, -0.2) is 17.1 Å². The molecule has 0 aliphatic carbocycles. The summed E-state index contributed by atoms with van der Waals surface area (Å²) in [6, 6.07) is 5.52. The number of benzene rings is 1. The van der Waals surface area contributed by atoms with Gasteiger partial charge in [0, 0.05) is 12.6 Å². The predicted octanol–water partition coefficient (Wildman–Crippen LogP) is 2.35. The Labute approximate surface area is 112 Å². The van der Waals surface area contributed by atoms with Crippen molar-refractivity contribution in [1.82, 2.24) is 9.97 Å². The number of methoxy groups -OCH3 is 1. The van der Waals surface area contributed by atoms with Gasteiger partial charge in [0.15, 0.2) is 0 Å². The lowest BCUT2D eigenvalue weighted by Crippen LogP contribution is -1.99. The van der Waals surface area contributed by atoms with Crippen LogP contribution >= 0.6 is 0 Å². The van der Waals surface area contributed by atoms with Crippen molar-refractivity contribution in [1.29, 1.82) is 0 Å². The quantitative estimate of drug-likeness (QED) is 0.912. The first-order valence-corrected chi connectivity index (χ1v) is 5.98. The van der Waals surface area contributed by atoms with Crippen LogP contribution in [0.5, 0.6) is 17.4 Å². The summed E-state index contributed by atoms with van der Waals surface area (Å²) >= 11 is 0. The zero-order valence-electron chi connectivity index (χ0n) is 11.3. The van der Waals surface area contributed by atoms with Gasteiger partial charge in [-0.1, -0.05) is 0 Å².